The second kappa shape index (κ2) is 7.89. The number of allylic oxidation sites excluding steroid dienone is 1. The van der Waals surface area contributed by atoms with Crippen molar-refractivity contribution >= 4 is 22.8 Å². The van der Waals surface area contributed by atoms with Gasteiger partial charge >= 0.3 is 0 Å². The van der Waals surface area contributed by atoms with Crippen LogP contribution < -0.4 is 4.90 Å². The number of rotatable bonds is 3. The second-order valence-electron chi connectivity index (χ2n) is 8.14. The van der Waals surface area contributed by atoms with Crippen LogP contribution in [0.3, 0.4) is 0 Å². The maximum atomic E-state index is 4.99. The smallest absolute Gasteiger partial charge is 0.0702 e. The summed E-state index contributed by atoms with van der Waals surface area (Å²) in [4.78, 5) is 16.6. The summed E-state index contributed by atoms with van der Waals surface area (Å²) >= 11 is 0. The fourth-order valence-corrected chi connectivity index (χ4v) is 4.76. The lowest BCUT2D eigenvalue weighted by Gasteiger charge is -2.30. The Morgan fingerprint density at radius 1 is 0.812 bits per heavy atom. The highest BCUT2D eigenvalue weighted by Gasteiger charge is 2.40. The van der Waals surface area contributed by atoms with Crippen LogP contribution in [0, 0.1) is 0 Å². The van der Waals surface area contributed by atoms with Gasteiger partial charge in [-0.25, -0.2) is 0 Å². The quantitative estimate of drug-likeness (QED) is 0.385. The van der Waals surface area contributed by atoms with Crippen molar-refractivity contribution in [2.24, 2.45) is 4.99 Å². The highest BCUT2D eigenvalue weighted by Crippen LogP contribution is 2.47. The van der Waals surface area contributed by atoms with E-state index in [9.17, 15) is 0 Å². The van der Waals surface area contributed by atoms with Crippen LogP contribution in [0.5, 0.6) is 0 Å². The fraction of sp³-hybridized carbons (Fsp3) is 0.107. The van der Waals surface area contributed by atoms with Gasteiger partial charge in [0, 0.05) is 41.7 Å². The Morgan fingerprint density at radius 3 is 2.56 bits per heavy atom. The molecule has 2 unspecified atom stereocenters. The lowest BCUT2D eigenvalue weighted by atomic mass is 9.88. The van der Waals surface area contributed by atoms with Gasteiger partial charge in [0.15, 0.2) is 0 Å². The molecule has 2 atom stereocenters. The average Bonchev–Trinajstić information content (AvgIpc) is 3.19. The third-order valence-corrected chi connectivity index (χ3v) is 6.17. The Bertz CT molecular complexity index is 1310. The Morgan fingerprint density at radius 2 is 1.69 bits per heavy atom. The van der Waals surface area contributed by atoms with E-state index in [-0.39, 0.29) is 12.0 Å². The van der Waals surface area contributed by atoms with Crippen molar-refractivity contribution in [1.82, 2.24) is 9.97 Å². The van der Waals surface area contributed by atoms with Gasteiger partial charge in [0.05, 0.1) is 28.8 Å². The molecule has 0 saturated carbocycles. The summed E-state index contributed by atoms with van der Waals surface area (Å²) in [6.45, 7) is 0. The predicted octanol–water partition coefficient (Wildman–Crippen LogP) is 6.48. The molecule has 1 aliphatic heterocycles. The van der Waals surface area contributed by atoms with Gasteiger partial charge in [-0.05, 0) is 54.6 Å². The van der Waals surface area contributed by atoms with Crippen molar-refractivity contribution in [3.8, 4) is 11.3 Å². The van der Waals surface area contributed by atoms with Crippen LogP contribution in [0.4, 0.5) is 17.1 Å². The van der Waals surface area contributed by atoms with Crippen molar-refractivity contribution in [3.05, 3.63) is 115 Å². The lowest BCUT2D eigenvalue weighted by molar-refractivity contribution is 0.641. The molecule has 1 aliphatic carbocycles. The van der Waals surface area contributed by atoms with E-state index in [1.807, 2.05) is 42.7 Å². The summed E-state index contributed by atoms with van der Waals surface area (Å²) in [5.74, 6) is 0.286. The Hall–Kier alpha value is -4.05. The zero-order chi connectivity index (χ0) is 21.3. The molecule has 2 aliphatic rings. The molecule has 2 aromatic carbocycles. The van der Waals surface area contributed by atoms with Gasteiger partial charge < -0.3 is 4.90 Å². The number of para-hydroxylation sites is 1. The van der Waals surface area contributed by atoms with Crippen molar-refractivity contribution in [1.29, 1.82) is 0 Å². The summed E-state index contributed by atoms with van der Waals surface area (Å²) in [6, 6.07) is 29.3. The lowest BCUT2D eigenvalue weighted by Crippen LogP contribution is -2.31. The first-order chi connectivity index (χ1) is 15.9. The summed E-state index contributed by atoms with van der Waals surface area (Å²) < 4.78 is 0. The minimum Gasteiger partial charge on any atom is -0.332 e. The van der Waals surface area contributed by atoms with E-state index in [0.29, 0.717) is 0 Å². The topological polar surface area (TPSA) is 41.4 Å². The number of nitrogens with zero attached hydrogens (tertiary/aromatic N) is 4. The molecule has 4 nitrogen and oxygen atoms in total. The first-order valence-electron chi connectivity index (χ1n) is 10.9. The summed E-state index contributed by atoms with van der Waals surface area (Å²) in [6.07, 6.45) is 9.04. The zero-order valence-electron chi connectivity index (χ0n) is 17.5. The minimum atomic E-state index is 0.251. The highest BCUT2D eigenvalue weighted by molar-refractivity contribution is 5.99. The number of aliphatic imine (C=N–C) groups is 1. The normalized spacial score (nSPS) is 20.2. The van der Waals surface area contributed by atoms with Crippen LogP contribution in [0.25, 0.3) is 11.3 Å². The number of hydrogen-bond acceptors (Lipinski definition) is 4. The molecule has 4 heteroatoms. The van der Waals surface area contributed by atoms with Gasteiger partial charge in [-0.3, -0.25) is 15.0 Å². The van der Waals surface area contributed by atoms with Crippen LogP contribution in [-0.4, -0.2) is 21.7 Å². The van der Waals surface area contributed by atoms with E-state index in [1.54, 1.807) is 0 Å². The number of hydrogen-bond donors (Lipinski definition) is 0. The number of fused-ring (bicyclic) bond motifs is 3. The second-order valence-corrected chi connectivity index (χ2v) is 8.14. The van der Waals surface area contributed by atoms with E-state index >= 15 is 0 Å². The van der Waals surface area contributed by atoms with Gasteiger partial charge in [-0.2, -0.15) is 0 Å². The molecule has 154 valence electrons. The molecular weight excluding hydrogens is 392 g/mol. The molecule has 6 rings (SSSR count). The molecule has 0 spiro atoms. The van der Waals surface area contributed by atoms with Crippen molar-refractivity contribution < 1.29 is 0 Å². The van der Waals surface area contributed by atoms with E-state index in [0.717, 1.165) is 34.8 Å². The SMILES string of the molecule is C1=CC2C(CC1=Nc1cccc(-c3ccccn3)c1)c1ncccc1N2c1ccccc1. The Balaban J connectivity index is 1.35. The van der Waals surface area contributed by atoms with Gasteiger partial charge in [0.2, 0.25) is 0 Å². The molecule has 32 heavy (non-hydrogen) atoms. The molecule has 0 bridgehead atoms. The molecule has 0 N–H and O–H groups in total. The zero-order valence-corrected chi connectivity index (χ0v) is 17.5. The van der Waals surface area contributed by atoms with Crippen LogP contribution >= 0.6 is 0 Å². The summed E-state index contributed by atoms with van der Waals surface area (Å²) in [7, 11) is 0. The fourth-order valence-electron chi connectivity index (χ4n) is 4.76. The van der Waals surface area contributed by atoms with Crippen LogP contribution in [0.15, 0.2) is 114 Å². The largest absolute Gasteiger partial charge is 0.332 e. The van der Waals surface area contributed by atoms with E-state index in [4.69, 9.17) is 9.98 Å². The standard InChI is InChI=1S/C28H22N4/c1-2-10-23(11-3-1)32-26-15-14-22(19-24(26)28-27(32)13-7-17-30-28)31-21-9-6-8-20(18-21)25-12-4-5-16-29-25/h1-18,24,26H,19H2. The number of pyridine rings is 2. The van der Waals surface area contributed by atoms with Crippen LogP contribution in [0.2, 0.25) is 0 Å². The minimum absolute atomic E-state index is 0.251. The van der Waals surface area contributed by atoms with Gasteiger partial charge in [-0.1, -0.05) is 42.5 Å². The molecular formula is C28H22N4. The van der Waals surface area contributed by atoms with Crippen molar-refractivity contribution in [2.45, 2.75) is 18.4 Å². The molecule has 0 amide bonds. The number of anilines is 2. The van der Waals surface area contributed by atoms with Gasteiger partial charge in [0.25, 0.3) is 0 Å². The summed E-state index contributed by atoms with van der Waals surface area (Å²) in [5, 5.41) is 0. The third kappa shape index (κ3) is 3.30. The van der Waals surface area contributed by atoms with Crippen LogP contribution in [-0.2, 0) is 0 Å². The average molecular weight is 415 g/mol. The Labute approximate surface area is 187 Å². The maximum absolute atomic E-state index is 4.99. The summed E-state index contributed by atoms with van der Waals surface area (Å²) in [5.41, 5.74) is 7.61. The maximum Gasteiger partial charge on any atom is 0.0702 e. The molecule has 0 fully saturated rings. The van der Waals surface area contributed by atoms with Crippen LogP contribution in [0.1, 0.15) is 18.0 Å². The Kier molecular flexibility index (Phi) is 4.61. The number of aromatic nitrogens is 2. The highest BCUT2D eigenvalue weighted by atomic mass is 15.2. The van der Waals surface area contributed by atoms with Gasteiger partial charge in [0.1, 0.15) is 0 Å². The molecule has 0 saturated heterocycles. The first-order valence-corrected chi connectivity index (χ1v) is 10.9. The van der Waals surface area contributed by atoms with E-state index in [2.05, 4.69) is 76.6 Å². The molecule has 0 radical (unpaired) electrons. The number of benzene rings is 2. The first kappa shape index (κ1) is 18.7. The van der Waals surface area contributed by atoms with Gasteiger partial charge in [-0.15, -0.1) is 0 Å². The molecule has 3 heterocycles. The van der Waals surface area contributed by atoms with E-state index in [1.165, 1.54) is 11.4 Å². The van der Waals surface area contributed by atoms with E-state index < -0.39 is 0 Å². The molecule has 4 aromatic rings. The molecule has 2 aromatic heterocycles. The van der Waals surface area contributed by atoms with Crippen molar-refractivity contribution in [2.75, 3.05) is 4.90 Å². The monoisotopic (exact) mass is 414 g/mol. The predicted molar refractivity (Wildman–Crippen MR) is 130 cm³/mol. The third-order valence-electron chi connectivity index (χ3n) is 6.17. The van der Waals surface area contributed by atoms with Crippen molar-refractivity contribution in [3.63, 3.8) is 0 Å².